The Bertz CT molecular complexity index is 922. The van der Waals surface area contributed by atoms with Crippen LogP contribution in [0.15, 0.2) is 53.9 Å². The maximum atomic E-state index is 12.7. The number of hydrogen-bond donors (Lipinski definition) is 2. The summed E-state index contributed by atoms with van der Waals surface area (Å²) < 4.78 is 5.24. The van der Waals surface area contributed by atoms with Crippen LogP contribution in [-0.4, -0.2) is 18.0 Å². The topological polar surface area (TPSA) is 77.2 Å². The van der Waals surface area contributed by atoms with Crippen LogP contribution in [0.25, 0.3) is 0 Å². The molecule has 0 spiro atoms. The van der Waals surface area contributed by atoms with Gasteiger partial charge in [0.1, 0.15) is 10.8 Å². The molecule has 0 saturated heterocycles. The molecule has 0 fully saturated rings. The van der Waals surface area contributed by atoms with Crippen LogP contribution in [0.4, 0.5) is 5.69 Å². The highest BCUT2D eigenvalue weighted by molar-refractivity contribution is 7.09. The molecule has 0 aliphatic heterocycles. The number of nitrogens with two attached hydrogens (primary N) is 1. The quantitative estimate of drug-likeness (QED) is 0.567. The molecule has 5 nitrogen and oxygen atoms in total. The van der Waals surface area contributed by atoms with Gasteiger partial charge in [0.15, 0.2) is 0 Å². The Morgan fingerprint density at radius 1 is 1.21 bits per heavy atom. The fourth-order valence-electron chi connectivity index (χ4n) is 2.95. The Balaban J connectivity index is 1.75. The Hall–Kier alpha value is -2.86. The lowest BCUT2D eigenvalue weighted by Crippen LogP contribution is -2.31. The molecule has 146 valence electrons. The molecule has 1 heterocycles. The van der Waals surface area contributed by atoms with E-state index >= 15 is 0 Å². The molecule has 0 saturated carbocycles. The van der Waals surface area contributed by atoms with E-state index in [2.05, 4.69) is 22.6 Å². The van der Waals surface area contributed by atoms with Gasteiger partial charge in [0.05, 0.1) is 25.3 Å². The molecule has 0 radical (unpaired) electrons. The van der Waals surface area contributed by atoms with Crippen molar-refractivity contribution in [2.45, 2.75) is 32.2 Å². The van der Waals surface area contributed by atoms with E-state index in [0.717, 1.165) is 39.7 Å². The summed E-state index contributed by atoms with van der Waals surface area (Å²) in [5.74, 6) is 0.707. The first-order chi connectivity index (χ1) is 13.6. The average Bonchev–Trinajstić information content (AvgIpc) is 3.18. The first-order valence-corrected chi connectivity index (χ1v) is 10.2. The van der Waals surface area contributed by atoms with Crippen molar-refractivity contribution in [3.63, 3.8) is 0 Å². The standard InChI is InChI=1S/C22H25N3O2S/c1-3-18-14-28-22(24-18)20(12-15-7-9-17(23)10-8-15)25-21(26)13-16-5-4-6-19(11-16)27-2/h4-11,14,20H,3,12-13,23H2,1-2H3,(H,25,26). The van der Waals surface area contributed by atoms with Gasteiger partial charge in [-0.2, -0.15) is 0 Å². The van der Waals surface area contributed by atoms with Gasteiger partial charge in [0, 0.05) is 11.1 Å². The SMILES string of the molecule is CCc1csc(C(Cc2ccc(N)cc2)NC(=O)Cc2cccc(OC)c2)n1. The molecule has 6 heteroatoms. The number of aryl methyl sites for hydroxylation is 1. The maximum Gasteiger partial charge on any atom is 0.224 e. The first kappa shape index (κ1) is 19.9. The molecule has 1 unspecified atom stereocenters. The Kier molecular flexibility index (Phi) is 6.66. The highest BCUT2D eigenvalue weighted by atomic mass is 32.1. The Morgan fingerprint density at radius 3 is 2.68 bits per heavy atom. The van der Waals surface area contributed by atoms with Gasteiger partial charge in [-0.25, -0.2) is 4.98 Å². The van der Waals surface area contributed by atoms with Gasteiger partial charge in [0.2, 0.25) is 5.91 Å². The van der Waals surface area contributed by atoms with Gasteiger partial charge in [-0.05, 0) is 48.2 Å². The number of thiazole rings is 1. The molecule has 2 aromatic carbocycles. The summed E-state index contributed by atoms with van der Waals surface area (Å²) in [6.45, 7) is 2.08. The van der Waals surface area contributed by atoms with Crippen molar-refractivity contribution in [2.24, 2.45) is 0 Å². The minimum Gasteiger partial charge on any atom is -0.497 e. The summed E-state index contributed by atoms with van der Waals surface area (Å²) in [5.41, 5.74) is 9.58. The molecule has 1 amide bonds. The van der Waals surface area contributed by atoms with E-state index in [1.807, 2.05) is 48.5 Å². The molecule has 0 aliphatic rings. The fraction of sp³-hybridized carbons (Fsp3) is 0.273. The summed E-state index contributed by atoms with van der Waals surface area (Å²) >= 11 is 1.59. The van der Waals surface area contributed by atoms with Crippen molar-refractivity contribution in [1.82, 2.24) is 10.3 Å². The second kappa shape index (κ2) is 9.37. The van der Waals surface area contributed by atoms with Crippen molar-refractivity contribution in [3.8, 4) is 5.75 Å². The lowest BCUT2D eigenvalue weighted by molar-refractivity contribution is -0.121. The van der Waals surface area contributed by atoms with Crippen molar-refractivity contribution in [2.75, 3.05) is 12.8 Å². The maximum absolute atomic E-state index is 12.7. The molecule has 1 aromatic heterocycles. The van der Waals surface area contributed by atoms with E-state index < -0.39 is 0 Å². The number of methoxy groups -OCH3 is 1. The smallest absolute Gasteiger partial charge is 0.224 e. The van der Waals surface area contributed by atoms with Crippen molar-refractivity contribution < 1.29 is 9.53 Å². The normalized spacial score (nSPS) is 11.8. The van der Waals surface area contributed by atoms with Crippen LogP contribution in [0.3, 0.4) is 0 Å². The number of rotatable bonds is 8. The second-order valence-electron chi connectivity index (χ2n) is 6.62. The van der Waals surface area contributed by atoms with E-state index in [-0.39, 0.29) is 11.9 Å². The number of nitrogens with zero attached hydrogens (tertiary/aromatic N) is 1. The largest absolute Gasteiger partial charge is 0.497 e. The molecular weight excluding hydrogens is 370 g/mol. The minimum absolute atomic E-state index is 0.0399. The van der Waals surface area contributed by atoms with E-state index in [1.54, 1.807) is 18.4 Å². The number of nitrogens with one attached hydrogen (secondary N) is 1. The summed E-state index contributed by atoms with van der Waals surface area (Å²) in [7, 11) is 1.62. The number of aromatic nitrogens is 1. The lowest BCUT2D eigenvalue weighted by atomic mass is 10.0. The fourth-order valence-corrected chi connectivity index (χ4v) is 3.90. The van der Waals surface area contributed by atoms with Crippen molar-refractivity contribution in [3.05, 3.63) is 75.7 Å². The summed E-state index contributed by atoms with van der Waals surface area (Å²) in [4.78, 5) is 17.4. The monoisotopic (exact) mass is 395 g/mol. The van der Waals surface area contributed by atoms with E-state index in [0.29, 0.717) is 12.8 Å². The number of benzene rings is 2. The average molecular weight is 396 g/mol. The minimum atomic E-state index is -0.174. The number of ether oxygens (including phenoxy) is 1. The lowest BCUT2D eigenvalue weighted by Gasteiger charge is -2.17. The third-order valence-corrected chi connectivity index (χ3v) is 5.49. The van der Waals surface area contributed by atoms with Crippen LogP contribution in [0, 0.1) is 0 Å². The third-order valence-electron chi connectivity index (χ3n) is 4.48. The molecule has 0 bridgehead atoms. The summed E-state index contributed by atoms with van der Waals surface area (Å²) in [6.07, 6.45) is 1.84. The molecular formula is C22H25N3O2S. The van der Waals surface area contributed by atoms with Gasteiger partial charge in [-0.15, -0.1) is 11.3 Å². The third kappa shape index (κ3) is 5.33. The second-order valence-corrected chi connectivity index (χ2v) is 7.51. The van der Waals surface area contributed by atoms with Crippen molar-refractivity contribution in [1.29, 1.82) is 0 Å². The predicted molar refractivity (Wildman–Crippen MR) is 114 cm³/mol. The van der Waals surface area contributed by atoms with Crippen LogP contribution in [-0.2, 0) is 24.1 Å². The van der Waals surface area contributed by atoms with Gasteiger partial charge in [0.25, 0.3) is 0 Å². The van der Waals surface area contributed by atoms with Crippen LogP contribution in [0.5, 0.6) is 5.75 Å². The number of carbonyl (C=O) groups excluding carboxylic acids is 1. The summed E-state index contributed by atoms with van der Waals surface area (Å²) in [5, 5.41) is 6.14. The van der Waals surface area contributed by atoms with Crippen LogP contribution < -0.4 is 15.8 Å². The van der Waals surface area contributed by atoms with Crippen molar-refractivity contribution >= 4 is 22.9 Å². The van der Waals surface area contributed by atoms with Gasteiger partial charge in [-0.1, -0.05) is 31.2 Å². The summed E-state index contributed by atoms with van der Waals surface area (Å²) in [6, 6.07) is 15.1. The Morgan fingerprint density at radius 2 is 2.00 bits per heavy atom. The zero-order chi connectivity index (χ0) is 19.9. The first-order valence-electron chi connectivity index (χ1n) is 9.28. The molecule has 1 atom stereocenters. The Labute approximate surface area is 169 Å². The zero-order valence-electron chi connectivity index (χ0n) is 16.1. The van der Waals surface area contributed by atoms with Crippen LogP contribution in [0.2, 0.25) is 0 Å². The highest BCUT2D eigenvalue weighted by Crippen LogP contribution is 2.23. The van der Waals surface area contributed by atoms with Gasteiger partial charge in [-0.3, -0.25) is 4.79 Å². The molecule has 3 aromatic rings. The molecule has 28 heavy (non-hydrogen) atoms. The van der Waals surface area contributed by atoms with Crippen LogP contribution in [0.1, 0.15) is 34.8 Å². The molecule has 3 N–H and O–H groups in total. The number of hydrogen-bond acceptors (Lipinski definition) is 5. The van der Waals surface area contributed by atoms with Gasteiger partial charge >= 0.3 is 0 Å². The van der Waals surface area contributed by atoms with E-state index in [1.165, 1.54) is 0 Å². The van der Waals surface area contributed by atoms with E-state index in [9.17, 15) is 4.79 Å². The molecule has 3 rings (SSSR count). The number of anilines is 1. The predicted octanol–water partition coefficient (Wildman–Crippen LogP) is 3.94. The molecule has 0 aliphatic carbocycles. The number of nitrogen functional groups attached to an aromatic ring is 1. The van der Waals surface area contributed by atoms with Gasteiger partial charge < -0.3 is 15.8 Å². The van der Waals surface area contributed by atoms with E-state index in [4.69, 9.17) is 10.5 Å². The zero-order valence-corrected chi connectivity index (χ0v) is 17.0. The number of carbonyl (C=O) groups is 1. The highest BCUT2D eigenvalue weighted by Gasteiger charge is 2.19. The number of amides is 1. The van der Waals surface area contributed by atoms with Crippen LogP contribution >= 0.6 is 11.3 Å².